The van der Waals surface area contributed by atoms with E-state index in [1.54, 1.807) is 4.68 Å². The highest BCUT2D eigenvalue weighted by molar-refractivity contribution is 5.83. The number of hydrogen-bond acceptors (Lipinski definition) is 5. The van der Waals surface area contributed by atoms with Crippen molar-refractivity contribution in [1.29, 1.82) is 0 Å². The molecule has 0 saturated carbocycles. The van der Waals surface area contributed by atoms with Gasteiger partial charge in [0.1, 0.15) is 5.82 Å². The fourth-order valence-electron chi connectivity index (χ4n) is 2.80. The summed E-state index contributed by atoms with van der Waals surface area (Å²) in [5.41, 5.74) is 3.89. The number of pyridine rings is 1. The molecule has 0 bridgehead atoms. The molecule has 0 aliphatic carbocycles. The average Bonchev–Trinajstić information content (AvgIpc) is 2.97. The van der Waals surface area contributed by atoms with Crippen LogP contribution in [0.5, 0.6) is 0 Å². The third kappa shape index (κ3) is 2.94. The number of nitrogens with zero attached hydrogens (tertiary/aromatic N) is 5. The Morgan fingerprint density at radius 1 is 0.880 bits per heavy atom. The van der Waals surface area contributed by atoms with E-state index >= 15 is 0 Å². The fraction of sp³-hybridized carbons (Fsp3) is 0.158. The number of anilines is 2. The highest BCUT2D eigenvalue weighted by Gasteiger charge is 2.12. The van der Waals surface area contributed by atoms with Crippen molar-refractivity contribution in [1.82, 2.24) is 25.0 Å². The molecule has 0 fully saturated rings. The molecule has 0 unspecified atom stereocenters. The van der Waals surface area contributed by atoms with Gasteiger partial charge in [0.05, 0.1) is 16.9 Å². The lowest BCUT2D eigenvalue weighted by molar-refractivity contribution is 0.841. The predicted molar refractivity (Wildman–Crippen MR) is 98.4 cm³/mol. The number of hydrogen-bond donors (Lipinski definition) is 1. The molecule has 6 heteroatoms. The summed E-state index contributed by atoms with van der Waals surface area (Å²) in [5, 5.41) is 17.3. The van der Waals surface area contributed by atoms with Gasteiger partial charge in [-0.3, -0.25) is 0 Å². The lowest BCUT2D eigenvalue weighted by Crippen LogP contribution is -2.06. The van der Waals surface area contributed by atoms with Crippen molar-refractivity contribution >= 4 is 22.5 Å². The van der Waals surface area contributed by atoms with E-state index in [1.807, 2.05) is 56.3 Å². The van der Waals surface area contributed by atoms with Crippen LogP contribution in [0.3, 0.4) is 0 Å². The summed E-state index contributed by atoms with van der Waals surface area (Å²) in [6.45, 7) is 5.95. The first-order valence-corrected chi connectivity index (χ1v) is 8.11. The van der Waals surface area contributed by atoms with Gasteiger partial charge in [0.2, 0.25) is 0 Å². The minimum absolute atomic E-state index is 0.671. The van der Waals surface area contributed by atoms with Crippen LogP contribution >= 0.6 is 0 Å². The van der Waals surface area contributed by atoms with Crippen LogP contribution in [-0.4, -0.2) is 25.0 Å². The Morgan fingerprint density at radius 2 is 1.72 bits per heavy atom. The summed E-state index contributed by atoms with van der Waals surface area (Å²) in [6, 6.07) is 15.9. The van der Waals surface area contributed by atoms with Gasteiger partial charge in [-0.05, 0) is 50.6 Å². The van der Waals surface area contributed by atoms with Crippen LogP contribution in [0.4, 0.5) is 11.6 Å². The quantitative estimate of drug-likeness (QED) is 0.617. The molecule has 3 aromatic heterocycles. The van der Waals surface area contributed by atoms with E-state index in [0.717, 1.165) is 39.5 Å². The second-order valence-corrected chi connectivity index (χ2v) is 6.08. The number of benzene rings is 1. The molecule has 0 aliphatic rings. The maximum atomic E-state index is 4.76. The molecule has 0 aliphatic heterocycles. The molecule has 1 aromatic carbocycles. The molecular weight excluding hydrogens is 312 g/mol. The lowest BCUT2D eigenvalue weighted by atomic mass is 10.1. The van der Waals surface area contributed by atoms with Crippen LogP contribution in [0.1, 0.15) is 17.0 Å². The zero-order valence-corrected chi connectivity index (χ0v) is 14.4. The maximum Gasteiger partial charge on any atom is 0.156 e. The van der Waals surface area contributed by atoms with Gasteiger partial charge in [-0.15, -0.1) is 5.10 Å². The molecule has 124 valence electrons. The van der Waals surface area contributed by atoms with Gasteiger partial charge in [0.15, 0.2) is 11.6 Å². The molecule has 0 spiro atoms. The largest absolute Gasteiger partial charge is 0.323 e. The Bertz CT molecular complexity index is 1050. The summed E-state index contributed by atoms with van der Waals surface area (Å²) < 4.78 is 1.80. The van der Waals surface area contributed by atoms with E-state index in [4.69, 9.17) is 4.98 Å². The molecule has 0 amide bonds. The smallest absolute Gasteiger partial charge is 0.156 e. The van der Waals surface area contributed by atoms with Gasteiger partial charge >= 0.3 is 0 Å². The van der Waals surface area contributed by atoms with Crippen molar-refractivity contribution in [2.45, 2.75) is 20.8 Å². The third-order valence-electron chi connectivity index (χ3n) is 4.01. The van der Waals surface area contributed by atoms with Crippen LogP contribution in [0.15, 0.2) is 48.5 Å². The van der Waals surface area contributed by atoms with Crippen LogP contribution in [0, 0.1) is 20.8 Å². The molecule has 0 atom stereocenters. The van der Waals surface area contributed by atoms with E-state index in [-0.39, 0.29) is 0 Å². The van der Waals surface area contributed by atoms with Crippen molar-refractivity contribution in [2.75, 3.05) is 5.32 Å². The number of rotatable bonds is 3. The third-order valence-corrected chi connectivity index (χ3v) is 4.01. The number of fused-ring (bicyclic) bond motifs is 1. The van der Waals surface area contributed by atoms with E-state index in [0.29, 0.717) is 5.82 Å². The van der Waals surface area contributed by atoms with E-state index in [9.17, 15) is 0 Å². The SMILES string of the molecule is Cc1ccc(Nc2cc(C)nn2-c2cc(C)c3ccccc3n2)nn1. The lowest BCUT2D eigenvalue weighted by Gasteiger charge is -2.10. The molecular formula is C19H18N6. The maximum absolute atomic E-state index is 4.76. The van der Waals surface area contributed by atoms with Crippen molar-refractivity contribution in [3.05, 3.63) is 65.5 Å². The minimum atomic E-state index is 0.671. The Hall–Kier alpha value is -3.28. The number of aromatic nitrogens is 5. The van der Waals surface area contributed by atoms with Gasteiger partial charge in [0, 0.05) is 11.5 Å². The zero-order chi connectivity index (χ0) is 17.4. The molecule has 0 radical (unpaired) electrons. The standard InChI is InChI=1S/C19H18N6/c1-12-10-18(20-16-7-5-4-6-15(12)16)25-19(11-14(3)24-25)21-17-9-8-13(2)22-23-17/h4-11H,1-3H3,(H,21,23). The normalized spacial score (nSPS) is 11.0. The van der Waals surface area contributed by atoms with Crippen LogP contribution < -0.4 is 5.32 Å². The monoisotopic (exact) mass is 330 g/mol. The van der Waals surface area contributed by atoms with Crippen LogP contribution in [0.25, 0.3) is 16.7 Å². The molecule has 4 rings (SSSR count). The molecule has 4 aromatic rings. The Morgan fingerprint density at radius 3 is 2.52 bits per heavy atom. The van der Waals surface area contributed by atoms with Gasteiger partial charge in [-0.25, -0.2) is 4.98 Å². The van der Waals surface area contributed by atoms with E-state index < -0.39 is 0 Å². The van der Waals surface area contributed by atoms with Gasteiger partial charge in [-0.2, -0.15) is 14.9 Å². The molecule has 0 saturated heterocycles. The highest BCUT2D eigenvalue weighted by Crippen LogP contribution is 2.23. The predicted octanol–water partition coefficient (Wildman–Crippen LogP) is 3.88. The Kier molecular flexibility index (Phi) is 3.65. The summed E-state index contributed by atoms with van der Waals surface area (Å²) in [4.78, 5) is 4.76. The first kappa shape index (κ1) is 15.3. The average molecular weight is 330 g/mol. The molecule has 3 heterocycles. The second-order valence-electron chi connectivity index (χ2n) is 6.08. The number of para-hydroxylation sites is 1. The molecule has 6 nitrogen and oxygen atoms in total. The summed E-state index contributed by atoms with van der Waals surface area (Å²) >= 11 is 0. The van der Waals surface area contributed by atoms with Gasteiger partial charge < -0.3 is 5.32 Å². The molecule has 25 heavy (non-hydrogen) atoms. The number of aryl methyl sites for hydroxylation is 3. The van der Waals surface area contributed by atoms with Crippen molar-refractivity contribution in [3.8, 4) is 5.82 Å². The fourth-order valence-corrected chi connectivity index (χ4v) is 2.80. The topological polar surface area (TPSA) is 68.5 Å². The Balaban J connectivity index is 1.79. The van der Waals surface area contributed by atoms with Gasteiger partial charge in [0.25, 0.3) is 0 Å². The summed E-state index contributed by atoms with van der Waals surface area (Å²) in [5.74, 6) is 2.24. The first-order valence-electron chi connectivity index (χ1n) is 8.11. The first-order chi connectivity index (χ1) is 12.1. The van der Waals surface area contributed by atoms with Crippen molar-refractivity contribution in [3.63, 3.8) is 0 Å². The van der Waals surface area contributed by atoms with Crippen LogP contribution in [-0.2, 0) is 0 Å². The summed E-state index contributed by atoms with van der Waals surface area (Å²) in [6.07, 6.45) is 0. The van der Waals surface area contributed by atoms with E-state index in [1.165, 1.54) is 0 Å². The second kappa shape index (κ2) is 5.98. The summed E-state index contributed by atoms with van der Waals surface area (Å²) in [7, 11) is 0. The van der Waals surface area contributed by atoms with Gasteiger partial charge in [-0.1, -0.05) is 18.2 Å². The van der Waals surface area contributed by atoms with Crippen molar-refractivity contribution in [2.24, 2.45) is 0 Å². The van der Waals surface area contributed by atoms with E-state index in [2.05, 4.69) is 33.6 Å². The number of nitrogens with one attached hydrogen (secondary N) is 1. The van der Waals surface area contributed by atoms with Crippen LogP contribution in [0.2, 0.25) is 0 Å². The highest BCUT2D eigenvalue weighted by atomic mass is 15.4. The molecule has 1 N–H and O–H groups in total. The zero-order valence-electron chi connectivity index (χ0n) is 14.4. The van der Waals surface area contributed by atoms with Crippen molar-refractivity contribution < 1.29 is 0 Å². The minimum Gasteiger partial charge on any atom is -0.323 e. The Labute approximate surface area is 145 Å².